The molecule has 1 unspecified atom stereocenters. The van der Waals surface area contributed by atoms with E-state index in [1.54, 1.807) is 0 Å². The average molecular weight is 281 g/mol. The van der Waals surface area contributed by atoms with Crippen molar-refractivity contribution in [1.29, 1.82) is 0 Å². The summed E-state index contributed by atoms with van der Waals surface area (Å²) in [7, 11) is 0. The summed E-state index contributed by atoms with van der Waals surface area (Å²) in [6, 6.07) is 2.37. The standard InChI is InChI=1S/C13H17N2O5/c1-3-9(2)12-7-10(14(17)18)8-13(15(19)20)11(12)5-4-6-16/h7-9H,3-6H2,1-2H3. The lowest BCUT2D eigenvalue weighted by Crippen LogP contribution is -2.06. The smallest absolute Gasteiger partial charge is 0.258 e. The summed E-state index contributed by atoms with van der Waals surface area (Å²) in [5.41, 5.74) is 0.508. The Kier molecular flexibility index (Phi) is 5.57. The van der Waals surface area contributed by atoms with Gasteiger partial charge in [0.05, 0.1) is 22.5 Å². The average Bonchev–Trinajstić information content (AvgIpc) is 2.42. The molecule has 0 aliphatic rings. The third-order valence-electron chi connectivity index (χ3n) is 3.37. The van der Waals surface area contributed by atoms with Gasteiger partial charge >= 0.3 is 0 Å². The second kappa shape index (κ2) is 6.95. The predicted molar refractivity (Wildman–Crippen MR) is 72.3 cm³/mol. The van der Waals surface area contributed by atoms with Crippen LogP contribution in [0.2, 0.25) is 0 Å². The quantitative estimate of drug-likeness (QED) is 0.564. The fourth-order valence-electron chi connectivity index (χ4n) is 2.11. The van der Waals surface area contributed by atoms with Gasteiger partial charge in [-0.1, -0.05) is 13.8 Å². The maximum atomic E-state index is 11.1. The molecule has 1 atom stereocenters. The molecular weight excluding hydrogens is 264 g/mol. The van der Waals surface area contributed by atoms with Crippen LogP contribution in [-0.2, 0) is 11.5 Å². The molecule has 7 nitrogen and oxygen atoms in total. The zero-order valence-corrected chi connectivity index (χ0v) is 11.5. The second-order valence-electron chi connectivity index (χ2n) is 4.66. The third-order valence-corrected chi connectivity index (χ3v) is 3.37. The van der Waals surface area contributed by atoms with Crippen LogP contribution in [-0.4, -0.2) is 16.5 Å². The lowest BCUT2D eigenvalue weighted by molar-refractivity contribution is -0.394. The highest BCUT2D eigenvalue weighted by atomic mass is 16.6. The van der Waals surface area contributed by atoms with E-state index in [-0.39, 0.29) is 36.7 Å². The largest absolute Gasteiger partial charge is 0.279 e. The van der Waals surface area contributed by atoms with E-state index in [0.717, 1.165) is 6.07 Å². The zero-order chi connectivity index (χ0) is 15.3. The van der Waals surface area contributed by atoms with Gasteiger partial charge in [0.25, 0.3) is 11.4 Å². The number of hydrogen-bond donors (Lipinski definition) is 0. The van der Waals surface area contributed by atoms with Gasteiger partial charge in [-0.3, -0.25) is 20.2 Å². The van der Waals surface area contributed by atoms with E-state index in [1.165, 1.54) is 6.07 Å². The number of nitro groups is 2. The number of nitro benzene ring substituents is 2. The van der Waals surface area contributed by atoms with Gasteiger partial charge in [0.2, 0.25) is 0 Å². The molecule has 1 aromatic carbocycles. The molecule has 0 bridgehead atoms. The number of hydrogen-bond acceptors (Lipinski definition) is 4. The Hall–Kier alpha value is -2.02. The molecule has 1 aromatic rings. The lowest BCUT2D eigenvalue weighted by Gasteiger charge is -2.14. The Morgan fingerprint density at radius 2 is 1.85 bits per heavy atom. The van der Waals surface area contributed by atoms with Crippen molar-refractivity contribution < 1.29 is 15.0 Å². The van der Waals surface area contributed by atoms with Gasteiger partial charge in [-0.05, 0) is 30.7 Å². The molecular formula is C13H17N2O5. The van der Waals surface area contributed by atoms with Crippen LogP contribution in [0.1, 0.15) is 43.7 Å². The summed E-state index contributed by atoms with van der Waals surface area (Å²) in [6.45, 7) is 3.45. The molecule has 0 amide bonds. The van der Waals surface area contributed by atoms with Crippen molar-refractivity contribution >= 4 is 11.4 Å². The topological polar surface area (TPSA) is 106 Å². The zero-order valence-electron chi connectivity index (χ0n) is 11.5. The summed E-state index contributed by atoms with van der Waals surface area (Å²) in [4.78, 5) is 20.8. The van der Waals surface area contributed by atoms with Crippen LogP contribution in [0, 0.1) is 20.2 Å². The van der Waals surface area contributed by atoms with Gasteiger partial charge in [0.1, 0.15) is 0 Å². The maximum Gasteiger partial charge on any atom is 0.279 e. The summed E-state index contributed by atoms with van der Waals surface area (Å²) in [5, 5.41) is 32.7. The Bertz CT molecular complexity index is 516. The molecule has 0 heterocycles. The first-order valence-electron chi connectivity index (χ1n) is 6.46. The van der Waals surface area contributed by atoms with Crippen LogP contribution >= 0.6 is 0 Å². The summed E-state index contributed by atoms with van der Waals surface area (Å²) in [5.74, 6) is -0.0322. The SMILES string of the molecule is CCC(C)c1cc([N+](=O)[O-])cc([N+](=O)[O-])c1CCC[O]. The van der Waals surface area contributed by atoms with Crippen molar-refractivity contribution in [3.05, 3.63) is 43.5 Å². The maximum absolute atomic E-state index is 11.1. The molecule has 0 saturated carbocycles. The van der Waals surface area contributed by atoms with E-state index < -0.39 is 9.85 Å². The summed E-state index contributed by atoms with van der Waals surface area (Å²) >= 11 is 0. The van der Waals surface area contributed by atoms with Gasteiger partial charge in [0.15, 0.2) is 0 Å². The molecule has 20 heavy (non-hydrogen) atoms. The first-order valence-corrected chi connectivity index (χ1v) is 6.46. The summed E-state index contributed by atoms with van der Waals surface area (Å²) < 4.78 is 0. The Labute approximate surface area is 116 Å². The van der Waals surface area contributed by atoms with E-state index in [4.69, 9.17) is 0 Å². The van der Waals surface area contributed by atoms with Crippen LogP contribution in [0.4, 0.5) is 11.4 Å². The minimum Gasteiger partial charge on any atom is -0.258 e. The molecule has 0 saturated heterocycles. The highest BCUT2D eigenvalue weighted by Crippen LogP contribution is 2.34. The highest BCUT2D eigenvalue weighted by Gasteiger charge is 2.25. The van der Waals surface area contributed by atoms with E-state index >= 15 is 0 Å². The number of benzene rings is 1. The number of nitrogens with zero attached hydrogens (tertiary/aromatic N) is 2. The van der Waals surface area contributed by atoms with Crippen molar-refractivity contribution in [2.75, 3.05) is 6.61 Å². The molecule has 0 spiro atoms. The fourth-order valence-corrected chi connectivity index (χ4v) is 2.11. The monoisotopic (exact) mass is 281 g/mol. The fraction of sp³-hybridized carbons (Fsp3) is 0.538. The first-order chi connectivity index (χ1) is 9.42. The third kappa shape index (κ3) is 3.51. The molecule has 0 aliphatic carbocycles. The molecule has 7 heteroatoms. The lowest BCUT2D eigenvalue weighted by atomic mass is 9.90. The van der Waals surface area contributed by atoms with Crippen molar-refractivity contribution in [1.82, 2.24) is 0 Å². The number of non-ortho nitro benzene ring substituents is 1. The van der Waals surface area contributed by atoms with E-state index in [2.05, 4.69) is 0 Å². The van der Waals surface area contributed by atoms with Crippen LogP contribution in [0.5, 0.6) is 0 Å². The van der Waals surface area contributed by atoms with Gasteiger partial charge in [-0.15, -0.1) is 0 Å². The van der Waals surface area contributed by atoms with Crippen LogP contribution < -0.4 is 0 Å². The van der Waals surface area contributed by atoms with Crippen LogP contribution in [0.15, 0.2) is 12.1 Å². The normalized spacial score (nSPS) is 12.2. The minimum absolute atomic E-state index is 0.0322. The Morgan fingerprint density at radius 1 is 1.20 bits per heavy atom. The molecule has 0 fully saturated rings. The number of rotatable bonds is 7. The minimum atomic E-state index is -0.629. The molecule has 1 radical (unpaired) electrons. The highest BCUT2D eigenvalue weighted by molar-refractivity contribution is 5.55. The van der Waals surface area contributed by atoms with Crippen molar-refractivity contribution in [2.45, 2.75) is 39.0 Å². The van der Waals surface area contributed by atoms with Crippen molar-refractivity contribution in [2.24, 2.45) is 0 Å². The second-order valence-corrected chi connectivity index (χ2v) is 4.66. The van der Waals surface area contributed by atoms with Crippen LogP contribution in [0.25, 0.3) is 0 Å². The Morgan fingerprint density at radius 3 is 2.30 bits per heavy atom. The molecule has 0 aliphatic heterocycles. The molecule has 109 valence electrons. The first kappa shape index (κ1) is 16.0. The molecule has 1 rings (SSSR count). The van der Waals surface area contributed by atoms with E-state index in [1.807, 2.05) is 13.8 Å². The van der Waals surface area contributed by atoms with Crippen LogP contribution in [0.3, 0.4) is 0 Å². The molecule has 0 aromatic heterocycles. The van der Waals surface area contributed by atoms with Gasteiger partial charge in [-0.2, -0.15) is 0 Å². The summed E-state index contributed by atoms with van der Waals surface area (Å²) in [6.07, 6.45) is 1.27. The molecule has 0 N–H and O–H groups in total. The predicted octanol–water partition coefficient (Wildman–Crippen LogP) is 3.38. The van der Waals surface area contributed by atoms with E-state index in [0.29, 0.717) is 17.5 Å². The van der Waals surface area contributed by atoms with Gasteiger partial charge < -0.3 is 0 Å². The van der Waals surface area contributed by atoms with Gasteiger partial charge in [0, 0.05) is 11.6 Å². The van der Waals surface area contributed by atoms with E-state index in [9.17, 15) is 25.3 Å². The van der Waals surface area contributed by atoms with Crippen molar-refractivity contribution in [3.8, 4) is 0 Å². The Balaban J connectivity index is 3.48. The van der Waals surface area contributed by atoms with Crippen molar-refractivity contribution in [3.63, 3.8) is 0 Å². The van der Waals surface area contributed by atoms with Gasteiger partial charge in [-0.25, -0.2) is 5.11 Å².